The minimum Gasteiger partial charge on any atom is -0.371 e. The monoisotopic (exact) mass is 286 g/mol. The predicted octanol–water partition coefficient (Wildman–Crippen LogP) is 1.38. The first-order valence-electron chi connectivity index (χ1n) is 7.31. The first-order chi connectivity index (χ1) is 10.1. The van der Waals surface area contributed by atoms with Crippen molar-refractivity contribution < 1.29 is 14.4 Å². The van der Waals surface area contributed by atoms with Crippen molar-refractivity contribution >= 4 is 23.3 Å². The van der Waals surface area contributed by atoms with Gasteiger partial charge in [0.2, 0.25) is 11.8 Å². The Bertz CT molecular complexity index is 571. The second-order valence-electron chi connectivity index (χ2n) is 5.70. The number of imide groups is 1. The number of rotatable bonds is 2. The molecule has 2 heterocycles. The van der Waals surface area contributed by atoms with Gasteiger partial charge < -0.3 is 4.90 Å². The number of amides is 2. The van der Waals surface area contributed by atoms with Gasteiger partial charge in [-0.25, -0.2) is 0 Å². The number of carbonyl (C=O) groups is 3. The normalized spacial score (nSPS) is 20.6. The van der Waals surface area contributed by atoms with Gasteiger partial charge in [0.05, 0.1) is 0 Å². The van der Waals surface area contributed by atoms with Crippen LogP contribution in [0.25, 0.3) is 0 Å². The van der Waals surface area contributed by atoms with Crippen LogP contribution in [-0.2, 0) is 14.4 Å². The molecule has 1 aromatic carbocycles. The quantitative estimate of drug-likeness (QED) is 0.834. The molecule has 2 aliphatic heterocycles. The number of nitrogens with one attached hydrogen (secondary N) is 1. The maximum Gasteiger partial charge on any atom is 0.227 e. The zero-order valence-electron chi connectivity index (χ0n) is 11.8. The Morgan fingerprint density at radius 3 is 2.33 bits per heavy atom. The van der Waals surface area contributed by atoms with Crippen LogP contribution in [0.1, 0.15) is 37.2 Å². The van der Waals surface area contributed by atoms with Crippen LogP contribution in [0, 0.1) is 0 Å². The van der Waals surface area contributed by atoms with Gasteiger partial charge in [0, 0.05) is 50.4 Å². The molecule has 1 N–H and O–H groups in total. The Morgan fingerprint density at radius 1 is 1.00 bits per heavy atom. The first-order valence-corrected chi connectivity index (χ1v) is 7.31. The highest BCUT2D eigenvalue weighted by Gasteiger charge is 2.26. The molecule has 2 aliphatic rings. The van der Waals surface area contributed by atoms with Crippen LogP contribution in [0.2, 0.25) is 0 Å². The number of hydrogen-bond donors (Lipinski definition) is 1. The molecule has 0 atom stereocenters. The molecule has 0 bridgehead atoms. The maximum atomic E-state index is 11.5. The van der Waals surface area contributed by atoms with E-state index < -0.39 is 0 Å². The molecule has 3 rings (SSSR count). The Morgan fingerprint density at radius 2 is 1.67 bits per heavy atom. The van der Waals surface area contributed by atoms with E-state index in [1.54, 1.807) is 0 Å². The van der Waals surface area contributed by atoms with Crippen LogP contribution in [0.5, 0.6) is 0 Å². The molecular weight excluding hydrogens is 268 g/mol. The lowest BCUT2D eigenvalue weighted by molar-refractivity contribution is -0.133. The number of Topliss-reactive ketones (excluding diaryl/α,β-unsaturated/α-hetero) is 1. The molecule has 0 unspecified atom stereocenters. The summed E-state index contributed by atoms with van der Waals surface area (Å²) in [5.41, 5.74) is 2.09. The van der Waals surface area contributed by atoms with E-state index in [1.807, 2.05) is 24.3 Å². The van der Waals surface area contributed by atoms with Gasteiger partial charge in [0.25, 0.3) is 0 Å². The molecule has 2 saturated heterocycles. The average Bonchev–Trinajstić information content (AvgIpc) is 2.47. The van der Waals surface area contributed by atoms with Crippen molar-refractivity contribution in [2.75, 3.05) is 18.0 Å². The smallest absolute Gasteiger partial charge is 0.227 e. The standard InChI is InChI=1S/C16H18N2O3/c19-14-4-6-18(7-5-14)13-3-1-2-11(8-13)12-9-15(20)17-16(21)10-12/h1-3,8,12H,4-7,9-10H2,(H,17,20,21). The van der Waals surface area contributed by atoms with Gasteiger partial charge in [-0.1, -0.05) is 12.1 Å². The number of anilines is 1. The first kappa shape index (κ1) is 13.8. The minimum atomic E-state index is -0.203. The summed E-state index contributed by atoms with van der Waals surface area (Å²) in [6, 6.07) is 7.99. The van der Waals surface area contributed by atoms with Crippen molar-refractivity contribution in [1.82, 2.24) is 5.32 Å². The van der Waals surface area contributed by atoms with E-state index in [-0.39, 0.29) is 17.7 Å². The highest BCUT2D eigenvalue weighted by molar-refractivity contribution is 5.98. The van der Waals surface area contributed by atoms with Crippen LogP contribution in [0.4, 0.5) is 5.69 Å². The predicted molar refractivity (Wildman–Crippen MR) is 78.0 cm³/mol. The summed E-state index contributed by atoms with van der Waals surface area (Å²) >= 11 is 0. The molecule has 21 heavy (non-hydrogen) atoms. The van der Waals surface area contributed by atoms with Crippen LogP contribution < -0.4 is 10.2 Å². The van der Waals surface area contributed by atoms with Crippen LogP contribution in [-0.4, -0.2) is 30.7 Å². The Labute approximate surface area is 123 Å². The lowest BCUT2D eigenvalue weighted by Crippen LogP contribution is -2.37. The van der Waals surface area contributed by atoms with Gasteiger partial charge in [0.1, 0.15) is 5.78 Å². The number of piperidine rings is 2. The summed E-state index contributed by atoms with van der Waals surface area (Å²) in [7, 11) is 0. The van der Waals surface area contributed by atoms with Crippen LogP contribution in [0.3, 0.4) is 0 Å². The van der Waals surface area contributed by atoms with E-state index in [0.717, 1.165) is 24.3 Å². The molecule has 0 saturated carbocycles. The van der Waals surface area contributed by atoms with Gasteiger partial charge in [-0.15, -0.1) is 0 Å². The summed E-state index contributed by atoms with van der Waals surface area (Å²) in [6.07, 6.45) is 1.89. The summed E-state index contributed by atoms with van der Waals surface area (Å²) in [5, 5.41) is 2.34. The van der Waals surface area contributed by atoms with Crippen molar-refractivity contribution in [1.29, 1.82) is 0 Å². The molecule has 0 aromatic heterocycles. The number of hydrogen-bond acceptors (Lipinski definition) is 4. The fraction of sp³-hybridized carbons (Fsp3) is 0.438. The van der Waals surface area contributed by atoms with E-state index in [0.29, 0.717) is 31.5 Å². The third-order valence-electron chi connectivity index (χ3n) is 4.17. The molecule has 1 aromatic rings. The highest BCUT2D eigenvalue weighted by Crippen LogP contribution is 2.29. The minimum absolute atomic E-state index is 0.0439. The van der Waals surface area contributed by atoms with E-state index in [2.05, 4.69) is 10.2 Å². The third-order valence-corrected chi connectivity index (χ3v) is 4.17. The summed E-state index contributed by atoms with van der Waals surface area (Å²) in [6.45, 7) is 1.48. The Balaban J connectivity index is 1.78. The lowest BCUT2D eigenvalue weighted by Gasteiger charge is -2.29. The van der Waals surface area contributed by atoms with Gasteiger partial charge in [-0.05, 0) is 17.7 Å². The van der Waals surface area contributed by atoms with E-state index >= 15 is 0 Å². The Hall–Kier alpha value is -2.17. The molecule has 0 spiro atoms. The second-order valence-corrected chi connectivity index (χ2v) is 5.70. The van der Waals surface area contributed by atoms with Gasteiger partial charge in [0.15, 0.2) is 0 Å². The zero-order chi connectivity index (χ0) is 14.8. The molecule has 0 radical (unpaired) electrons. The number of ketones is 1. The van der Waals surface area contributed by atoms with E-state index in [4.69, 9.17) is 0 Å². The topological polar surface area (TPSA) is 66.5 Å². The van der Waals surface area contributed by atoms with Crippen molar-refractivity contribution in [3.05, 3.63) is 29.8 Å². The molecule has 2 fully saturated rings. The van der Waals surface area contributed by atoms with Gasteiger partial charge in [-0.2, -0.15) is 0 Å². The van der Waals surface area contributed by atoms with Crippen molar-refractivity contribution in [2.45, 2.75) is 31.6 Å². The van der Waals surface area contributed by atoms with Crippen LogP contribution >= 0.6 is 0 Å². The van der Waals surface area contributed by atoms with Gasteiger partial charge in [-0.3, -0.25) is 19.7 Å². The lowest BCUT2D eigenvalue weighted by atomic mass is 9.89. The molecule has 5 nitrogen and oxygen atoms in total. The molecule has 110 valence electrons. The molecule has 0 aliphatic carbocycles. The number of benzene rings is 1. The zero-order valence-corrected chi connectivity index (χ0v) is 11.8. The fourth-order valence-electron chi connectivity index (χ4n) is 3.00. The third kappa shape index (κ3) is 3.12. The van der Waals surface area contributed by atoms with Crippen molar-refractivity contribution in [2.24, 2.45) is 0 Å². The summed E-state index contributed by atoms with van der Waals surface area (Å²) < 4.78 is 0. The van der Waals surface area contributed by atoms with Crippen molar-refractivity contribution in [3.8, 4) is 0 Å². The highest BCUT2D eigenvalue weighted by atomic mass is 16.2. The van der Waals surface area contributed by atoms with E-state index in [1.165, 1.54) is 0 Å². The van der Waals surface area contributed by atoms with Gasteiger partial charge >= 0.3 is 0 Å². The number of nitrogens with zero attached hydrogens (tertiary/aromatic N) is 1. The SMILES string of the molecule is O=C1CCN(c2cccc(C3CC(=O)NC(=O)C3)c2)CC1. The summed E-state index contributed by atoms with van der Waals surface area (Å²) in [4.78, 5) is 36.5. The fourth-order valence-corrected chi connectivity index (χ4v) is 3.00. The van der Waals surface area contributed by atoms with Crippen molar-refractivity contribution in [3.63, 3.8) is 0 Å². The molecule has 5 heteroatoms. The Kier molecular flexibility index (Phi) is 3.73. The maximum absolute atomic E-state index is 11.5. The number of carbonyl (C=O) groups excluding carboxylic acids is 3. The average molecular weight is 286 g/mol. The largest absolute Gasteiger partial charge is 0.371 e. The summed E-state index contributed by atoms with van der Waals surface area (Å²) in [5.74, 6) is -0.134. The molecule has 2 amide bonds. The van der Waals surface area contributed by atoms with E-state index in [9.17, 15) is 14.4 Å². The molecular formula is C16H18N2O3. The second kappa shape index (κ2) is 5.68. The van der Waals surface area contributed by atoms with Crippen LogP contribution in [0.15, 0.2) is 24.3 Å².